The van der Waals surface area contributed by atoms with Crippen LogP contribution in [0.15, 0.2) is 12.2 Å². The number of ether oxygens (including phenoxy) is 2. The zero-order valence-corrected chi connectivity index (χ0v) is 14.0. The number of carbonyl (C=O) groups excluding carboxylic acids is 2. The minimum atomic E-state index is -0.723. The molecule has 1 fully saturated rings. The summed E-state index contributed by atoms with van der Waals surface area (Å²) in [6.45, 7) is 13.0. The van der Waals surface area contributed by atoms with E-state index in [1.807, 2.05) is 60.6 Å². The molecule has 21 heavy (non-hydrogen) atoms. The maximum Gasteiger partial charge on any atom is 0.316 e. The number of rotatable bonds is 2. The van der Waals surface area contributed by atoms with Crippen LogP contribution in [0.2, 0.25) is 0 Å². The Bertz CT molecular complexity index is 492. The summed E-state index contributed by atoms with van der Waals surface area (Å²) >= 11 is 0. The number of hydrogen-bond acceptors (Lipinski definition) is 4. The average Bonchev–Trinajstić information content (AvgIpc) is 2.87. The zero-order valence-electron chi connectivity index (χ0n) is 14.0. The topological polar surface area (TPSA) is 52.6 Å². The van der Waals surface area contributed by atoms with E-state index in [-0.39, 0.29) is 29.7 Å². The first-order valence-electron chi connectivity index (χ1n) is 7.51. The summed E-state index contributed by atoms with van der Waals surface area (Å²) in [5.41, 5.74) is -1.75. The molecule has 0 aromatic rings. The van der Waals surface area contributed by atoms with E-state index >= 15 is 0 Å². The van der Waals surface area contributed by atoms with E-state index in [1.54, 1.807) is 0 Å². The zero-order chi connectivity index (χ0) is 16.2. The molecule has 118 valence electrons. The van der Waals surface area contributed by atoms with Crippen molar-refractivity contribution < 1.29 is 19.1 Å². The molecule has 0 aliphatic heterocycles. The van der Waals surface area contributed by atoms with E-state index in [9.17, 15) is 9.59 Å². The molecule has 4 atom stereocenters. The summed E-state index contributed by atoms with van der Waals surface area (Å²) < 4.78 is 11.0. The second-order valence-corrected chi connectivity index (χ2v) is 8.31. The highest BCUT2D eigenvalue weighted by molar-refractivity contribution is 5.86. The van der Waals surface area contributed by atoms with Crippen molar-refractivity contribution >= 4 is 11.9 Å². The molecule has 0 saturated heterocycles. The molecule has 2 aliphatic rings. The lowest BCUT2D eigenvalue weighted by Gasteiger charge is -2.29. The SMILES string of the molecule is CC(C)(C)OC(=O)[C@H]1[C@@H]2C=C[C@@](C)(C(=O)OC(C)(C)C)[C@@H]21. The van der Waals surface area contributed by atoms with Gasteiger partial charge in [-0.3, -0.25) is 9.59 Å². The summed E-state index contributed by atoms with van der Waals surface area (Å²) in [7, 11) is 0. The molecule has 0 spiro atoms. The third-order valence-corrected chi connectivity index (χ3v) is 3.95. The Morgan fingerprint density at radius 3 is 2.00 bits per heavy atom. The lowest BCUT2D eigenvalue weighted by atomic mass is 9.85. The lowest BCUT2D eigenvalue weighted by Crippen LogP contribution is -2.36. The van der Waals surface area contributed by atoms with Gasteiger partial charge >= 0.3 is 11.9 Å². The van der Waals surface area contributed by atoms with Crippen LogP contribution in [0.3, 0.4) is 0 Å². The van der Waals surface area contributed by atoms with Crippen LogP contribution in [-0.4, -0.2) is 23.1 Å². The van der Waals surface area contributed by atoms with E-state index in [2.05, 4.69) is 0 Å². The molecule has 4 heteroatoms. The second kappa shape index (κ2) is 4.59. The molecule has 0 unspecified atom stereocenters. The summed E-state index contributed by atoms with van der Waals surface area (Å²) in [6.07, 6.45) is 3.85. The minimum absolute atomic E-state index is 0.0257. The van der Waals surface area contributed by atoms with Crippen LogP contribution in [0.5, 0.6) is 0 Å². The average molecular weight is 294 g/mol. The number of esters is 2. The fourth-order valence-corrected chi connectivity index (χ4v) is 3.03. The van der Waals surface area contributed by atoms with Crippen molar-refractivity contribution in [2.75, 3.05) is 0 Å². The maximum absolute atomic E-state index is 12.4. The summed E-state index contributed by atoms with van der Waals surface area (Å²) in [5, 5.41) is 0. The summed E-state index contributed by atoms with van der Waals surface area (Å²) in [4.78, 5) is 24.7. The van der Waals surface area contributed by atoms with Gasteiger partial charge in [0, 0.05) is 0 Å². The third kappa shape index (κ3) is 3.14. The molecule has 0 amide bonds. The van der Waals surface area contributed by atoms with Crippen LogP contribution in [0.4, 0.5) is 0 Å². The minimum Gasteiger partial charge on any atom is -0.460 e. The van der Waals surface area contributed by atoms with Crippen LogP contribution in [0.25, 0.3) is 0 Å². The largest absolute Gasteiger partial charge is 0.460 e. The monoisotopic (exact) mass is 294 g/mol. The van der Waals surface area contributed by atoms with Crippen molar-refractivity contribution in [3.8, 4) is 0 Å². The van der Waals surface area contributed by atoms with Crippen LogP contribution in [0.1, 0.15) is 48.5 Å². The number of fused-ring (bicyclic) bond motifs is 1. The predicted octanol–water partition coefficient (Wildman–Crippen LogP) is 3.11. The first-order valence-corrected chi connectivity index (χ1v) is 7.51. The summed E-state index contributed by atoms with van der Waals surface area (Å²) in [5.74, 6) is -0.604. The van der Waals surface area contributed by atoms with Crippen molar-refractivity contribution in [1.29, 1.82) is 0 Å². The Kier molecular flexibility index (Phi) is 3.51. The molecular weight excluding hydrogens is 268 g/mol. The molecule has 0 aromatic carbocycles. The molecule has 0 radical (unpaired) electrons. The molecular formula is C17H26O4. The van der Waals surface area contributed by atoms with Gasteiger partial charge in [0.1, 0.15) is 11.2 Å². The lowest BCUT2D eigenvalue weighted by molar-refractivity contribution is -0.165. The number of carbonyl (C=O) groups is 2. The van der Waals surface area contributed by atoms with Crippen LogP contribution in [0, 0.1) is 23.2 Å². The van der Waals surface area contributed by atoms with Gasteiger partial charge in [-0.15, -0.1) is 0 Å². The van der Waals surface area contributed by atoms with Gasteiger partial charge in [-0.2, -0.15) is 0 Å². The van der Waals surface area contributed by atoms with Crippen LogP contribution >= 0.6 is 0 Å². The predicted molar refractivity (Wildman–Crippen MR) is 79.4 cm³/mol. The molecule has 4 nitrogen and oxygen atoms in total. The second-order valence-electron chi connectivity index (χ2n) is 8.31. The third-order valence-electron chi connectivity index (χ3n) is 3.95. The molecule has 2 rings (SSSR count). The van der Waals surface area contributed by atoms with Crippen LogP contribution in [-0.2, 0) is 19.1 Å². The number of allylic oxidation sites excluding steroid dienone is 1. The van der Waals surface area contributed by atoms with E-state index in [0.29, 0.717) is 0 Å². The van der Waals surface area contributed by atoms with Gasteiger partial charge in [0.2, 0.25) is 0 Å². The Morgan fingerprint density at radius 2 is 1.52 bits per heavy atom. The molecule has 0 N–H and O–H groups in total. The van der Waals surface area contributed by atoms with Gasteiger partial charge in [-0.25, -0.2) is 0 Å². The molecule has 0 bridgehead atoms. The number of hydrogen-bond donors (Lipinski definition) is 0. The Hall–Kier alpha value is -1.32. The first kappa shape index (κ1) is 16.1. The van der Waals surface area contributed by atoms with E-state index in [1.165, 1.54) is 0 Å². The highest BCUT2D eigenvalue weighted by Crippen LogP contribution is 2.63. The Balaban J connectivity index is 2.08. The smallest absolute Gasteiger partial charge is 0.316 e. The summed E-state index contributed by atoms with van der Waals surface area (Å²) in [6, 6.07) is 0. The normalized spacial score (nSPS) is 34.3. The van der Waals surface area contributed by atoms with Gasteiger partial charge in [-0.05, 0) is 60.3 Å². The quantitative estimate of drug-likeness (QED) is 0.580. The fourth-order valence-electron chi connectivity index (χ4n) is 3.03. The van der Waals surface area contributed by atoms with Crippen molar-refractivity contribution in [3.05, 3.63) is 12.2 Å². The van der Waals surface area contributed by atoms with Gasteiger partial charge < -0.3 is 9.47 Å². The highest BCUT2D eigenvalue weighted by atomic mass is 16.6. The Labute approximate surface area is 126 Å². The van der Waals surface area contributed by atoms with Crippen molar-refractivity contribution in [2.24, 2.45) is 23.2 Å². The fraction of sp³-hybridized carbons (Fsp3) is 0.765. The standard InChI is InChI=1S/C17H26O4/c1-15(2,3)20-13(18)11-10-8-9-17(7,12(10)11)14(19)21-16(4,5)6/h8-12H,1-7H3/t10-,11-,12-,17+/m0/s1. The van der Waals surface area contributed by atoms with Gasteiger partial charge in [0.25, 0.3) is 0 Å². The van der Waals surface area contributed by atoms with Gasteiger partial charge in [0.15, 0.2) is 0 Å². The van der Waals surface area contributed by atoms with Gasteiger partial charge in [-0.1, -0.05) is 12.2 Å². The van der Waals surface area contributed by atoms with Gasteiger partial charge in [0.05, 0.1) is 11.3 Å². The van der Waals surface area contributed by atoms with Crippen molar-refractivity contribution in [3.63, 3.8) is 0 Å². The Morgan fingerprint density at radius 1 is 1.00 bits per heavy atom. The van der Waals surface area contributed by atoms with E-state index in [0.717, 1.165) is 0 Å². The van der Waals surface area contributed by atoms with Crippen LogP contribution < -0.4 is 0 Å². The van der Waals surface area contributed by atoms with Crippen molar-refractivity contribution in [1.82, 2.24) is 0 Å². The highest BCUT2D eigenvalue weighted by Gasteiger charge is 2.68. The maximum atomic E-state index is 12.4. The van der Waals surface area contributed by atoms with E-state index < -0.39 is 16.6 Å². The first-order chi connectivity index (χ1) is 9.35. The molecule has 2 aliphatic carbocycles. The molecule has 0 heterocycles. The molecule has 0 aromatic heterocycles. The van der Waals surface area contributed by atoms with Crippen molar-refractivity contribution in [2.45, 2.75) is 59.7 Å². The van der Waals surface area contributed by atoms with E-state index in [4.69, 9.17) is 9.47 Å². The molecule has 1 saturated carbocycles.